The largest absolute Gasteiger partial charge is 0.476 e. The molecular weight excluding hydrogens is 286 g/mol. The molecule has 0 aliphatic rings. The van der Waals surface area contributed by atoms with Gasteiger partial charge in [-0.25, -0.2) is 14.5 Å². The second kappa shape index (κ2) is 4.96. The second-order valence-electron chi connectivity index (χ2n) is 3.93. The van der Waals surface area contributed by atoms with E-state index in [2.05, 4.69) is 10.1 Å². The fourth-order valence-corrected chi connectivity index (χ4v) is 1.69. The number of carbonyl (C=O) groups is 1. The van der Waals surface area contributed by atoms with Crippen molar-refractivity contribution in [1.82, 2.24) is 14.8 Å². The summed E-state index contributed by atoms with van der Waals surface area (Å²) in [5.74, 6) is -1.91. The standard InChI is InChI=1S/C10H7N5O6/c1-5-2-3-11-9(8(5)15(20)21)13-4-6(14(18)19)7(12-13)10(16)17/h2-4H,1H3,(H,16,17). The van der Waals surface area contributed by atoms with Crippen molar-refractivity contribution in [2.75, 3.05) is 0 Å². The lowest BCUT2D eigenvalue weighted by molar-refractivity contribution is -0.385. The van der Waals surface area contributed by atoms with E-state index in [-0.39, 0.29) is 11.4 Å². The van der Waals surface area contributed by atoms with E-state index in [1.54, 1.807) is 0 Å². The molecule has 0 unspecified atom stereocenters. The molecule has 0 spiro atoms. The van der Waals surface area contributed by atoms with Gasteiger partial charge >= 0.3 is 17.3 Å². The van der Waals surface area contributed by atoms with Crippen molar-refractivity contribution in [1.29, 1.82) is 0 Å². The first-order valence-electron chi connectivity index (χ1n) is 5.40. The van der Waals surface area contributed by atoms with Crippen molar-refractivity contribution in [3.8, 4) is 5.82 Å². The monoisotopic (exact) mass is 293 g/mol. The predicted octanol–water partition coefficient (Wildman–Crippen LogP) is 1.09. The summed E-state index contributed by atoms with van der Waals surface area (Å²) in [6.07, 6.45) is 2.03. The fraction of sp³-hybridized carbons (Fsp3) is 0.100. The number of nitro groups is 2. The van der Waals surface area contributed by atoms with E-state index in [1.165, 1.54) is 19.2 Å². The van der Waals surface area contributed by atoms with E-state index in [9.17, 15) is 25.0 Å². The summed E-state index contributed by atoms with van der Waals surface area (Å²) >= 11 is 0. The number of nitrogens with zero attached hydrogens (tertiary/aromatic N) is 5. The number of carboxylic acids is 1. The molecule has 0 radical (unpaired) electrons. The van der Waals surface area contributed by atoms with Crippen molar-refractivity contribution in [3.05, 3.63) is 49.9 Å². The highest BCUT2D eigenvalue weighted by Gasteiger charge is 2.29. The molecule has 0 fully saturated rings. The highest BCUT2D eigenvalue weighted by molar-refractivity contribution is 5.90. The molecular formula is C10H7N5O6. The van der Waals surface area contributed by atoms with Crippen molar-refractivity contribution in [2.45, 2.75) is 6.92 Å². The summed E-state index contributed by atoms with van der Waals surface area (Å²) in [4.78, 5) is 34.9. The average Bonchev–Trinajstić information content (AvgIpc) is 2.83. The van der Waals surface area contributed by atoms with Crippen LogP contribution in [0, 0.1) is 27.2 Å². The van der Waals surface area contributed by atoms with Crippen molar-refractivity contribution < 1.29 is 19.7 Å². The number of carboxylic acid groups (broad SMARTS) is 1. The second-order valence-corrected chi connectivity index (χ2v) is 3.93. The summed E-state index contributed by atoms with van der Waals surface area (Å²) < 4.78 is 0.715. The molecule has 2 aromatic rings. The summed E-state index contributed by atoms with van der Waals surface area (Å²) in [6.45, 7) is 1.46. The topological polar surface area (TPSA) is 154 Å². The maximum atomic E-state index is 11.0. The number of hydrogen-bond acceptors (Lipinski definition) is 7. The Morgan fingerprint density at radius 1 is 1.33 bits per heavy atom. The van der Waals surface area contributed by atoms with Gasteiger partial charge in [0.2, 0.25) is 11.5 Å². The molecule has 2 rings (SSSR count). The molecule has 0 atom stereocenters. The van der Waals surface area contributed by atoms with Gasteiger partial charge in [-0.1, -0.05) is 0 Å². The van der Waals surface area contributed by atoms with E-state index in [0.29, 0.717) is 4.68 Å². The summed E-state index contributed by atoms with van der Waals surface area (Å²) in [7, 11) is 0. The number of aromatic nitrogens is 3. The molecule has 1 N–H and O–H groups in total. The lowest BCUT2D eigenvalue weighted by Crippen LogP contribution is -2.07. The van der Waals surface area contributed by atoms with Crippen LogP contribution >= 0.6 is 0 Å². The Hall–Kier alpha value is -3.37. The smallest absolute Gasteiger partial charge is 0.363 e. The third kappa shape index (κ3) is 2.39. The Bertz CT molecular complexity index is 736. The molecule has 0 bridgehead atoms. The normalized spacial score (nSPS) is 10.3. The molecule has 0 saturated heterocycles. The van der Waals surface area contributed by atoms with E-state index in [0.717, 1.165) is 6.20 Å². The van der Waals surface area contributed by atoms with Gasteiger partial charge in [0, 0.05) is 11.8 Å². The van der Waals surface area contributed by atoms with Crippen molar-refractivity contribution >= 4 is 17.3 Å². The first-order chi connectivity index (χ1) is 9.82. The van der Waals surface area contributed by atoms with Gasteiger partial charge in [-0.15, -0.1) is 0 Å². The Balaban J connectivity index is 2.72. The Morgan fingerprint density at radius 3 is 2.48 bits per heavy atom. The lowest BCUT2D eigenvalue weighted by atomic mass is 10.2. The molecule has 0 aromatic carbocycles. The van der Waals surface area contributed by atoms with Crippen LogP contribution in [-0.2, 0) is 0 Å². The summed E-state index contributed by atoms with van der Waals surface area (Å²) in [6, 6.07) is 1.39. The molecule has 2 heterocycles. The minimum Gasteiger partial charge on any atom is -0.476 e. The lowest BCUT2D eigenvalue weighted by Gasteiger charge is -2.02. The van der Waals surface area contributed by atoms with Crippen LogP contribution in [-0.4, -0.2) is 35.7 Å². The van der Waals surface area contributed by atoms with Gasteiger partial charge in [0.05, 0.1) is 9.85 Å². The quantitative estimate of drug-likeness (QED) is 0.648. The van der Waals surface area contributed by atoms with Crippen LogP contribution in [0.1, 0.15) is 16.1 Å². The third-order valence-corrected chi connectivity index (χ3v) is 2.60. The van der Waals surface area contributed by atoms with Crippen molar-refractivity contribution in [2.24, 2.45) is 0 Å². The molecule has 0 amide bonds. The minimum absolute atomic E-state index is 0.264. The number of pyridine rings is 1. The fourth-order valence-electron chi connectivity index (χ4n) is 1.69. The Kier molecular flexibility index (Phi) is 3.32. The van der Waals surface area contributed by atoms with Crippen LogP contribution < -0.4 is 0 Å². The molecule has 108 valence electrons. The van der Waals surface area contributed by atoms with E-state index >= 15 is 0 Å². The first-order valence-corrected chi connectivity index (χ1v) is 5.40. The first kappa shape index (κ1) is 14.0. The molecule has 0 aliphatic heterocycles. The van der Waals surface area contributed by atoms with Gasteiger partial charge in [0.15, 0.2) is 0 Å². The van der Waals surface area contributed by atoms with Gasteiger partial charge in [-0.05, 0) is 13.0 Å². The predicted molar refractivity (Wildman–Crippen MR) is 66.4 cm³/mol. The zero-order valence-electron chi connectivity index (χ0n) is 10.5. The highest BCUT2D eigenvalue weighted by Crippen LogP contribution is 2.26. The summed E-state index contributed by atoms with van der Waals surface area (Å²) in [5, 5.41) is 34.2. The van der Waals surface area contributed by atoms with Crippen LogP contribution in [0.3, 0.4) is 0 Å². The van der Waals surface area contributed by atoms with E-state index < -0.39 is 32.9 Å². The number of aryl methyl sites for hydroxylation is 1. The van der Waals surface area contributed by atoms with Gasteiger partial charge in [0.1, 0.15) is 6.20 Å². The molecule has 11 nitrogen and oxygen atoms in total. The molecule has 21 heavy (non-hydrogen) atoms. The molecule has 2 aromatic heterocycles. The van der Waals surface area contributed by atoms with Crippen LogP contribution in [0.25, 0.3) is 5.82 Å². The average molecular weight is 293 g/mol. The zero-order valence-corrected chi connectivity index (χ0v) is 10.5. The van der Waals surface area contributed by atoms with Gasteiger partial charge in [-0.2, -0.15) is 5.10 Å². The van der Waals surface area contributed by atoms with Crippen molar-refractivity contribution in [3.63, 3.8) is 0 Å². The maximum absolute atomic E-state index is 11.0. The Labute approximate surface area is 115 Å². The zero-order chi connectivity index (χ0) is 15.7. The van der Waals surface area contributed by atoms with Crippen LogP contribution in [0.2, 0.25) is 0 Å². The SMILES string of the molecule is Cc1ccnc(-n2cc([N+](=O)[O-])c(C(=O)O)n2)c1[N+](=O)[O-]. The third-order valence-electron chi connectivity index (χ3n) is 2.60. The van der Waals surface area contributed by atoms with Gasteiger partial charge in [-0.3, -0.25) is 20.2 Å². The highest BCUT2D eigenvalue weighted by atomic mass is 16.6. The minimum atomic E-state index is -1.62. The van der Waals surface area contributed by atoms with Gasteiger partial charge in [0.25, 0.3) is 0 Å². The van der Waals surface area contributed by atoms with Crippen LogP contribution in [0.15, 0.2) is 18.5 Å². The maximum Gasteiger partial charge on any atom is 0.363 e. The molecule has 11 heteroatoms. The van der Waals surface area contributed by atoms with Crippen LogP contribution in [0.4, 0.5) is 11.4 Å². The van der Waals surface area contributed by atoms with E-state index in [1.807, 2.05) is 0 Å². The number of hydrogen-bond donors (Lipinski definition) is 1. The molecule has 0 aliphatic carbocycles. The summed E-state index contributed by atoms with van der Waals surface area (Å²) in [5.41, 5.74) is -1.75. The van der Waals surface area contributed by atoms with E-state index in [4.69, 9.17) is 5.11 Å². The molecule has 0 saturated carbocycles. The number of rotatable bonds is 4. The Morgan fingerprint density at radius 2 is 2.00 bits per heavy atom. The number of aromatic carboxylic acids is 1. The van der Waals surface area contributed by atoms with Gasteiger partial charge < -0.3 is 5.11 Å². The van der Waals surface area contributed by atoms with Crippen LogP contribution in [0.5, 0.6) is 0 Å².